The fraction of sp³-hybridized carbons (Fsp3) is 0.0566. The molecular weight excluding hydrogens is 683 g/mol. The van der Waals surface area contributed by atoms with Crippen LogP contribution in [0.2, 0.25) is 0 Å². The van der Waals surface area contributed by atoms with E-state index < -0.39 is 0 Å². The molecule has 0 unspecified atom stereocenters. The SMILES string of the molecule is CC1(C)c2ccccc2-c2cc(N(c3ccc(-c4ccc5ccccc5c4)cc3)c3ccc(-c4ccc5c(c4)sc4cc6ccccc6cc45)cc3)ccc21. The second-order valence-electron chi connectivity index (χ2n) is 15.4. The van der Waals surface area contributed by atoms with Crippen LogP contribution in [0.4, 0.5) is 17.1 Å². The molecule has 1 heterocycles. The molecule has 0 saturated carbocycles. The molecule has 2 heteroatoms. The van der Waals surface area contributed by atoms with Crippen LogP contribution in [-0.2, 0) is 5.41 Å². The van der Waals surface area contributed by atoms with Gasteiger partial charge < -0.3 is 4.90 Å². The summed E-state index contributed by atoms with van der Waals surface area (Å²) in [6, 6.07) is 69.7. The van der Waals surface area contributed by atoms with E-state index in [1.807, 2.05) is 11.3 Å². The molecule has 0 spiro atoms. The van der Waals surface area contributed by atoms with Crippen molar-refractivity contribution in [1.29, 1.82) is 0 Å². The predicted molar refractivity (Wildman–Crippen MR) is 237 cm³/mol. The molecule has 0 N–H and O–H groups in total. The maximum atomic E-state index is 2.40. The lowest BCUT2D eigenvalue weighted by Gasteiger charge is -2.27. The molecule has 0 aliphatic heterocycles. The summed E-state index contributed by atoms with van der Waals surface area (Å²) >= 11 is 1.88. The van der Waals surface area contributed by atoms with Crippen LogP contribution in [0.5, 0.6) is 0 Å². The first-order chi connectivity index (χ1) is 27.0. The van der Waals surface area contributed by atoms with Crippen LogP contribution in [0.15, 0.2) is 188 Å². The van der Waals surface area contributed by atoms with Gasteiger partial charge in [0.25, 0.3) is 0 Å². The van der Waals surface area contributed by atoms with Crippen LogP contribution in [0.3, 0.4) is 0 Å². The average Bonchev–Trinajstić information content (AvgIpc) is 3.70. The number of benzene rings is 9. The number of fused-ring (bicyclic) bond motifs is 8. The Bertz CT molecular complexity index is 3110. The van der Waals surface area contributed by atoms with Crippen molar-refractivity contribution >= 4 is 70.1 Å². The summed E-state index contributed by atoms with van der Waals surface area (Å²) in [5.74, 6) is 0. The Hall–Kier alpha value is -6.48. The van der Waals surface area contributed by atoms with Crippen molar-refractivity contribution in [3.8, 4) is 33.4 Å². The first-order valence-electron chi connectivity index (χ1n) is 19.1. The summed E-state index contributed by atoms with van der Waals surface area (Å²) in [5.41, 5.74) is 13.7. The van der Waals surface area contributed by atoms with Gasteiger partial charge in [-0.25, -0.2) is 0 Å². The lowest BCUT2D eigenvalue weighted by molar-refractivity contribution is 0.660. The second kappa shape index (κ2) is 12.3. The molecule has 0 saturated heterocycles. The lowest BCUT2D eigenvalue weighted by atomic mass is 9.82. The van der Waals surface area contributed by atoms with E-state index in [2.05, 4.69) is 207 Å². The molecule has 1 aliphatic rings. The van der Waals surface area contributed by atoms with Crippen molar-refractivity contribution in [2.24, 2.45) is 0 Å². The molecule has 55 heavy (non-hydrogen) atoms. The third-order valence-electron chi connectivity index (χ3n) is 11.8. The van der Waals surface area contributed by atoms with E-state index in [-0.39, 0.29) is 5.41 Å². The molecule has 260 valence electrons. The highest BCUT2D eigenvalue weighted by atomic mass is 32.1. The quantitative estimate of drug-likeness (QED) is 0.171. The van der Waals surface area contributed by atoms with Crippen molar-refractivity contribution in [2.75, 3.05) is 4.90 Å². The molecule has 0 atom stereocenters. The van der Waals surface area contributed by atoms with Gasteiger partial charge in [-0.1, -0.05) is 141 Å². The molecule has 1 aromatic heterocycles. The zero-order valence-corrected chi connectivity index (χ0v) is 31.6. The van der Waals surface area contributed by atoms with Gasteiger partial charge in [-0.15, -0.1) is 11.3 Å². The molecule has 1 aliphatic carbocycles. The van der Waals surface area contributed by atoms with Crippen LogP contribution in [0, 0.1) is 0 Å². The minimum absolute atomic E-state index is 0.0403. The monoisotopic (exact) mass is 719 g/mol. The summed E-state index contributed by atoms with van der Waals surface area (Å²) in [5, 5.41) is 7.76. The Morgan fingerprint density at radius 2 is 0.891 bits per heavy atom. The maximum absolute atomic E-state index is 2.40. The summed E-state index contributed by atoms with van der Waals surface area (Å²) in [4.78, 5) is 2.40. The topological polar surface area (TPSA) is 3.24 Å². The molecule has 1 nitrogen and oxygen atoms in total. The molecule has 0 bridgehead atoms. The highest BCUT2D eigenvalue weighted by molar-refractivity contribution is 7.25. The number of hydrogen-bond donors (Lipinski definition) is 0. The van der Waals surface area contributed by atoms with Gasteiger partial charge in [-0.2, -0.15) is 0 Å². The largest absolute Gasteiger partial charge is 0.310 e. The van der Waals surface area contributed by atoms with Gasteiger partial charge in [0, 0.05) is 42.6 Å². The predicted octanol–water partition coefficient (Wildman–Crippen LogP) is 15.5. The Morgan fingerprint density at radius 3 is 1.62 bits per heavy atom. The molecular formula is C53H37NS. The smallest absolute Gasteiger partial charge is 0.0468 e. The Labute approximate surface area is 325 Å². The summed E-state index contributed by atoms with van der Waals surface area (Å²) in [6.07, 6.45) is 0. The fourth-order valence-electron chi connectivity index (χ4n) is 8.91. The highest BCUT2D eigenvalue weighted by Gasteiger charge is 2.35. The Morgan fingerprint density at radius 1 is 0.364 bits per heavy atom. The van der Waals surface area contributed by atoms with Gasteiger partial charge in [-0.05, 0) is 127 Å². The maximum Gasteiger partial charge on any atom is 0.0468 e. The zero-order chi connectivity index (χ0) is 36.7. The number of rotatable bonds is 5. The number of nitrogens with zero attached hydrogens (tertiary/aromatic N) is 1. The summed E-state index contributed by atoms with van der Waals surface area (Å²) in [7, 11) is 0. The van der Waals surface area contributed by atoms with Gasteiger partial charge in [-0.3, -0.25) is 0 Å². The van der Waals surface area contributed by atoms with E-state index in [1.165, 1.54) is 86.2 Å². The van der Waals surface area contributed by atoms with Crippen molar-refractivity contribution in [3.05, 3.63) is 199 Å². The Kier molecular flexibility index (Phi) is 7.14. The molecule has 10 aromatic rings. The van der Waals surface area contributed by atoms with Gasteiger partial charge >= 0.3 is 0 Å². The molecule has 0 amide bonds. The minimum atomic E-state index is -0.0403. The van der Waals surface area contributed by atoms with Crippen molar-refractivity contribution < 1.29 is 0 Å². The zero-order valence-electron chi connectivity index (χ0n) is 30.8. The van der Waals surface area contributed by atoms with Crippen LogP contribution >= 0.6 is 11.3 Å². The average molecular weight is 720 g/mol. The van der Waals surface area contributed by atoms with Crippen LogP contribution in [0.1, 0.15) is 25.0 Å². The standard InChI is InChI=1S/C53H37NS/c1-53(2)49-14-8-7-13-45(49)47-33-44(26-28-50(47)53)54(42-22-17-35(18-23-42)40-16-15-34-9-3-4-10-37(34)29-40)43-24-19-36(20-25-43)41-21-27-46-48-30-38-11-5-6-12-39(38)31-52(48)55-51(46)32-41/h3-33H,1-2H3. The van der Waals surface area contributed by atoms with Crippen molar-refractivity contribution in [1.82, 2.24) is 0 Å². The number of hydrogen-bond acceptors (Lipinski definition) is 2. The molecule has 9 aromatic carbocycles. The van der Waals surface area contributed by atoms with Gasteiger partial charge in [0.15, 0.2) is 0 Å². The Balaban J connectivity index is 0.995. The van der Waals surface area contributed by atoms with Crippen molar-refractivity contribution in [3.63, 3.8) is 0 Å². The number of thiophene rings is 1. The first-order valence-corrected chi connectivity index (χ1v) is 19.9. The first kappa shape index (κ1) is 32.0. The van der Waals surface area contributed by atoms with E-state index in [9.17, 15) is 0 Å². The molecule has 0 fully saturated rings. The van der Waals surface area contributed by atoms with E-state index in [0.717, 1.165) is 17.1 Å². The van der Waals surface area contributed by atoms with Gasteiger partial charge in [0.1, 0.15) is 0 Å². The van der Waals surface area contributed by atoms with E-state index in [4.69, 9.17) is 0 Å². The van der Waals surface area contributed by atoms with Crippen LogP contribution in [-0.4, -0.2) is 0 Å². The normalized spacial score (nSPS) is 13.1. The molecule has 0 radical (unpaired) electrons. The lowest BCUT2D eigenvalue weighted by Crippen LogP contribution is -2.15. The van der Waals surface area contributed by atoms with E-state index in [0.29, 0.717) is 0 Å². The minimum Gasteiger partial charge on any atom is -0.310 e. The molecule has 11 rings (SSSR count). The third kappa shape index (κ3) is 5.21. The van der Waals surface area contributed by atoms with Crippen LogP contribution < -0.4 is 4.90 Å². The second-order valence-corrected chi connectivity index (χ2v) is 16.5. The van der Waals surface area contributed by atoms with Gasteiger partial charge in [0.05, 0.1) is 0 Å². The van der Waals surface area contributed by atoms with Crippen LogP contribution in [0.25, 0.3) is 75.1 Å². The fourth-order valence-corrected chi connectivity index (χ4v) is 10.1. The third-order valence-corrected chi connectivity index (χ3v) is 12.9. The van der Waals surface area contributed by atoms with E-state index >= 15 is 0 Å². The summed E-state index contributed by atoms with van der Waals surface area (Å²) < 4.78 is 2.66. The van der Waals surface area contributed by atoms with E-state index in [1.54, 1.807) is 0 Å². The van der Waals surface area contributed by atoms with Crippen molar-refractivity contribution in [2.45, 2.75) is 19.3 Å². The number of anilines is 3. The summed E-state index contributed by atoms with van der Waals surface area (Å²) in [6.45, 7) is 4.69. The highest BCUT2D eigenvalue weighted by Crippen LogP contribution is 2.51. The van der Waals surface area contributed by atoms with Gasteiger partial charge in [0.2, 0.25) is 0 Å².